The van der Waals surface area contributed by atoms with Gasteiger partial charge < -0.3 is 9.64 Å². The van der Waals surface area contributed by atoms with Crippen LogP contribution in [0.25, 0.3) is 0 Å². The quantitative estimate of drug-likeness (QED) is 0.565. The van der Waals surface area contributed by atoms with Gasteiger partial charge in [-0.25, -0.2) is 12.8 Å². The number of sulfonamides is 1. The second kappa shape index (κ2) is 9.69. The minimum atomic E-state index is -3.90. The number of hydrogen-bond acceptors (Lipinski definition) is 4. The van der Waals surface area contributed by atoms with Crippen molar-refractivity contribution in [2.24, 2.45) is 0 Å². The zero-order valence-electron chi connectivity index (χ0n) is 15.8. The fourth-order valence-corrected chi connectivity index (χ4v) is 4.82. The minimum Gasteiger partial charge on any atom is -0.494 e. The molecule has 0 atom stereocenters. The van der Waals surface area contributed by atoms with Crippen molar-refractivity contribution in [2.75, 3.05) is 32.8 Å². The van der Waals surface area contributed by atoms with Crippen LogP contribution >= 0.6 is 15.9 Å². The molecule has 0 N–H and O–H groups in total. The van der Waals surface area contributed by atoms with Gasteiger partial charge in [-0.3, -0.25) is 4.79 Å². The minimum absolute atomic E-state index is 0.0349. The smallest absolute Gasteiger partial charge is 0.246 e. The Morgan fingerprint density at radius 1 is 1.03 bits per heavy atom. The highest BCUT2D eigenvalue weighted by Crippen LogP contribution is 2.21. The summed E-state index contributed by atoms with van der Waals surface area (Å²) in [5.74, 6) is -0.0586. The normalized spacial score (nSPS) is 15.3. The number of amides is 1. The number of benzene rings is 2. The molecule has 1 fully saturated rings. The Bertz CT molecular complexity index is 945. The highest BCUT2D eigenvalue weighted by Gasteiger charge is 2.31. The van der Waals surface area contributed by atoms with E-state index in [2.05, 4.69) is 15.9 Å². The first-order chi connectivity index (χ1) is 13.9. The molecule has 156 valence electrons. The lowest BCUT2D eigenvalue weighted by Gasteiger charge is -2.34. The Balaban J connectivity index is 1.44. The highest BCUT2D eigenvalue weighted by atomic mass is 79.9. The second-order valence-corrected chi connectivity index (χ2v) is 9.44. The lowest BCUT2D eigenvalue weighted by atomic mass is 10.2. The molecule has 0 saturated carbocycles. The number of carbonyl (C=O) groups is 1. The van der Waals surface area contributed by atoms with E-state index in [9.17, 15) is 17.6 Å². The lowest BCUT2D eigenvalue weighted by Crippen LogP contribution is -2.50. The Kier molecular flexibility index (Phi) is 7.26. The van der Waals surface area contributed by atoms with Gasteiger partial charge in [0.1, 0.15) is 16.5 Å². The summed E-state index contributed by atoms with van der Waals surface area (Å²) in [5, 5.41) is 0. The van der Waals surface area contributed by atoms with E-state index in [0.717, 1.165) is 16.3 Å². The van der Waals surface area contributed by atoms with E-state index in [1.54, 1.807) is 4.90 Å². The maximum atomic E-state index is 13.9. The number of piperazine rings is 1. The molecule has 0 bridgehead atoms. The molecule has 1 aliphatic rings. The number of nitrogens with zero attached hydrogens (tertiary/aromatic N) is 2. The summed E-state index contributed by atoms with van der Waals surface area (Å²) in [5.41, 5.74) is 0. The van der Waals surface area contributed by atoms with Crippen LogP contribution in [0.1, 0.15) is 12.8 Å². The molecule has 6 nitrogen and oxygen atoms in total. The van der Waals surface area contributed by atoms with Crippen LogP contribution in [0.15, 0.2) is 57.9 Å². The number of ether oxygens (including phenoxy) is 1. The van der Waals surface area contributed by atoms with Crippen LogP contribution < -0.4 is 4.74 Å². The number of rotatable bonds is 7. The fraction of sp³-hybridized carbons (Fsp3) is 0.350. The van der Waals surface area contributed by atoms with Crippen molar-refractivity contribution in [1.29, 1.82) is 0 Å². The third-order valence-electron chi connectivity index (χ3n) is 4.66. The molecular formula is C20H22BrFN2O4S. The van der Waals surface area contributed by atoms with Gasteiger partial charge in [-0.15, -0.1) is 0 Å². The summed E-state index contributed by atoms with van der Waals surface area (Å²) < 4.78 is 46.9. The maximum Gasteiger partial charge on any atom is 0.246 e. The van der Waals surface area contributed by atoms with Crippen LogP contribution in [0.2, 0.25) is 0 Å². The molecule has 2 aromatic carbocycles. The van der Waals surface area contributed by atoms with E-state index in [-0.39, 0.29) is 23.9 Å². The van der Waals surface area contributed by atoms with E-state index in [4.69, 9.17) is 4.74 Å². The summed E-state index contributed by atoms with van der Waals surface area (Å²) in [6, 6.07) is 12.8. The monoisotopic (exact) mass is 484 g/mol. The van der Waals surface area contributed by atoms with Gasteiger partial charge in [0.05, 0.1) is 6.61 Å². The van der Waals surface area contributed by atoms with Crippen molar-refractivity contribution < 1.29 is 22.3 Å². The maximum absolute atomic E-state index is 13.9. The van der Waals surface area contributed by atoms with E-state index >= 15 is 0 Å². The number of halogens is 2. The molecule has 1 heterocycles. The zero-order chi connectivity index (χ0) is 20.9. The van der Waals surface area contributed by atoms with Crippen molar-refractivity contribution in [3.8, 4) is 5.75 Å². The second-order valence-electron chi connectivity index (χ2n) is 6.62. The Morgan fingerprint density at radius 2 is 1.69 bits per heavy atom. The predicted molar refractivity (Wildman–Crippen MR) is 111 cm³/mol. The Labute approximate surface area is 178 Å². The molecule has 1 saturated heterocycles. The predicted octanol–water partition coefficient (Wildman–Crippen LogP) is 3.28. The van der Waals surface area contributed by atoms with Gasteiger partial charge in [0, 0.05) is 37.1 Å². The van der Waals surface area contributed by atoms with Gasteiger partial charge >= 0.3 is 0 Å². The molecule has 0 unspecified atom stereocenters. The van der Waals surface area contributed by atoms with E-state index in [1.165, 1.54) is 22.5 Å². The summed E-state index contributed by atoms with van der Waals surface area (Å²) in [7, 11) is -3.90. The van der Waals surface area contributed by atoms with Crippen LogP contribution in [0.5, 0.6) is 5.75 Å². The van der Waals surface area contributed by atoms with Crippen molar-refractivity contribution in [3.63, 3.8) is 0 Å². The van der Waals surface area contributed by atoms with Crippen molar-refractivity contribution in [1.82, 2.24) is 9.21 Å². The molecule has 0 spiro atoms. The summed E-state index contributed by atoms with van der Waals surface area (Å²) in [6.07, 6.45) is 0.902. The van der Waals surface area contributed by atoms with Gasteiger partial charge in [0.2, 0.25) is 15.9 Å². The van der Waals surface area contributed by atoms with Crippen LogP contribution in [-0.4, -0.2) is 56.3 Å². The molecule has 1 amide bonds. The van der Waals surface area contributed by atoms with Crippen LogP contribution in [0, 0.1) is 5.82 Å². The first-order valence-electron chi connectivity index (χ1n) is 9.29. The third kappa shape index (κ3) is 5.55. The third-order valence-corrected chi connectivity index (χ3v) is 7.12. The van der Waals surface area contributed by atoms with Crippen molar-refractivity contribution >= 4 is 31.9 Å². The van der Waals surface area contributed by atoms with Gasteiger partial charge in [-0.05, 0) is 42.8 Å². The lowest BCUT2D eigenvalue weighted by molar-refractivity contribution is -0.132. The highest BCUT2D eigenvalue weighted by molar-refractivity contribution is 9.10. The molecule has 0 aromatic heterocycles. The van der Waals surface area contributed by atoms with E-state index < -0.39 is 15.8 Å². The fourth-order valence-electron chi connectivity index (χ4n) is 3.07. The summed E-state index contributed by atoms with van der Waals surface area (Å²) in [4.78, 5) is 13.7. The van der Waals surface area contributed by atoms with Crippen molar-refractivity contribution in [3.05, 3.63) is 58.8 Å². The van der Waals surface area contributed by atoms with Crippen LogP contribution in [0.4, 0.5) is 4.39 Å². The van der Waals surface area contributed by atoms with Crippen molar-refractivity contribution in [2.45, 2.75) is 17.7 Å². The topological polar surface area (TPSA) is 66.9 Å². The standard InChI is InChI=1S/C20H22BrFN2O4S/c21-16-7-9-17(10-8-16)28-15-3-6-20(25)23-11-13-24(14-12-23)29(26,27)19-5-2-1-4-18(19)22/h1-2,4-5,7-10H,3,6,11-15H2. The van der Waals surface area contributed by atoms with Gasteiger partial charge in [-0.1, -0.05) is 28.1 Å². The molecule has 9 heteroatoms. The molecular weight excluding hydrogens is 463 g/mol. The average molecular weight is 485 g/mol. The van der Waals surface area contributed by atoms with Crippen LogP contribution in [-0.2, 0) is 14.8 Å². The van der Waals surface area contributed by atoms with E-state index in [1.807, 2.05) is 24.3 Å². The molecule has 1 aliphatic heterocycles. The molecule has 0 aliphatic carbocycles. The molecule has 29 heavy (non-hydrogen) atoms. The average Bonchev–Trinajstić information content (AvgIpc) is 2.72. The van der Waals surface area contributed by atoms with Crippen LogP contribution in [0.3, 0.4) is 0 Å². The number of carbonyl (C=O) groups excluding carboxylic acids is 1. The molecule has 2 aromatic rings. The first kappa shape index (κ1) is 21.7. The van der Waals surface area contributed by atoms with Gasteiger partial charge in [-0.2, -0.15) is 4.31 Å². The molecule has 0 radical (unpaired) electrons. The van der Waals surface area contributed by atoms with Gasteiger partial charge in [0.25, 0.3) is 0 Å². The van der Waals surface area contributed by atoms with Gasteiger partial charge in [0.15, 0.2) is 0 Å². The Hall–Kier alpha value is -1.97. The largest absolute Gasteiger partial charge is 0.494 e. The zero-order valence-corrected chi connectivity index (χ0v) is 18.2. The summed E-state index contributed by atoms with van der Waals surface area (Å²) >= 11 is 3.36. The summed E-state index contributed by atoms with van der Waals surface area (Å²) in [6.45, 7) is 1.31. The Morgan fingerprint density at radius 3 is 2.34 bits per heavy atom. The van der Waals surface area contributed by atoms with E-state index in [0.29, 0.717) is 32.5 Å². The first-order valence-corrected chi connectivity index (χ1v) is 11.5. The molecule has 3 rings (SSSR count). The SMILES string of the molecule is O=C(CCCOc1ccc(Br)cc1)N1CCN(S(=O)(=O)c2ccccc2F)CC1. The number of hydrogen-bond donors (Lipinski definition) is 0.